The van der Waals surface area contributed by atoms with Crippen molar-refractivity contribution in [3.05, 3.63) is 35.4 Å². The summed E-state index contributed by atoms with van der Waals surface area (Å²) in [5.41, 5.74) is 7.16. The van der Waals surface area contributed by atoms with Crippen molar-refractivity contribution in [1.82, 2.24) is 21.5 Å². The number of rotatable bonds is 3. The van der Waals surface area contributed by atoms with E-state index in [9.17, 15) is 13.6 Å². The lowest BCUT2D eigenvalue weighted by Crippen LogP contribution is -2.53. The Balaban J connectivity index is 1.76. The van der Waals surface area contributed by atoms with Gasteiger partial charge in [-0.05, 0) is 36.5 Å². The van der Waals surface area contributed by atoms with E-state index in [0.717, 1.165) is 37.2 Å². The van der Waals surface area contributed by atoms with Gasteiger partial charge < -0.3 is 5.32 Å². The van der Waals surface area contributed by atoms with Crippen LogP contribution in [0.3, 0.4) is 0 Å². The lowest BCUT2D eigenvalue weighted by atomic mass is 9.97. The average molecular weight is 392 g/mol. The largest absolute Gasteiger partial charge is 0.334 e. The summed E-state index contributed by atoms with van der Waals surface area (Å²) in [6.07, 6.45) is 1.70. The van der Waals surface area contributed by atoms with Crippen LogP contribution in [0.1, 0.15) is 44.0 Å². The molecule has 2 unspecified atom stereocenters. The Morgan fingerprint density at radius 1 is 1.29 bits per heavy atom. The molecule has 7 nitrogen and oxygen atoms in total. The number of nitrogens with zero attached hydrogens (tertiary/aromatic N) is 2. The van der Waals surface area contributed by atoms with Crippen molar-refractivity contribution in [1.29, 1.82) is 0 Å². The summed E-state index contributed by atoms with van der Waals surface area (Å²) in [4.78, 5) is 21.6. The van der Waals surface area contributed by atoms with Crippen molar-refractivity contribution in [2.45, 2.75) is 45.8 Å². The summed E-state index contributed by atoms with van der Waals surface area (Å²) in [7, 11) is 0. The number of guanidine groups is 1. The molecule has 0 spiro atoms. The Labute approximate surface area is 163 Å². The zero-order valence-electron chi connectivity index (χ0n) is 16.3. The zero-order chi connectivity index (χ0) is 20.3. The van der Waals surface area contributed by atoms with Crippen LogP contribution in [0.5, 0.6) is 0 Å². The smallest absolute Gasteiger partial charge is 0.258 e. The second-order valence-electron chi connectivity index (χ2n) is 8.18. The third kappa shape index (κ3) is 5.11. The molecule has 0 bridgehead atoms. The molecule has 1 amide bonds. The molecule has 1 saturated heterocycles. The van der Waals surface area contributed by atoms with Crippen LogP contribution < -0.4 is 21.5 Å². The summed E-state index contributed by atoms with van der Waals surface area (Å²) in [5, 5.41) is 5.82. The van der Waals surface area contributed by atoms with Gasteiger partial charge in [-0.3, -0.25) is 20.1 Å². The first-order valence-corrected chi connectivity index (χ1v) is 9.35. The number of hydrogen-bond donors (Lipinski definition) is 4. The maximum atomic E-state index is 13.5. The predicted octanol–water partition coefficient (Wildman–Crippen LogP) is 1.72. The molecular formula is C19H26F2N6O. The summed E-state index contributed by atoms with van der Waals surface area (Å²) in [5.74, 6) is -2.40. The Hall–Kier alpha value is -2.39. The fourth-order valence-electron chi connectivity index (χ4n) is 2.96. The second-order valence-corrected chi connectivity index (χ2v) is 8.18. The van der Waals surface area contributed by atoms with E-state index in [2.05, 4.69) is 31.5 Å². The van der Waals surface area contributed by atoms with Crippen molar-refractivity contribution in [3.63, 3.8) is 0 Å². The Bertz CT molecular complexity index is 802. The van der Waals surface area contributed by atoms with Crippen LogP contribution in [0.2, 0.25) is 0 Å². The Kier molecular flexibility index (Phi) is 6.04. The number of halogens is 2. The molecule has 28 heavy (non-hydrogen) atoms. The number of nitrogens with one attached hydrogen (secondary N) is 4. The maximum Gasteiger partial charge on any atom is 0.258 e. The Morgan fingerprint density at radius 2 is 2.07 bits per heavy atom. The summed E-state index contributed by atoms with van der Waals surface area (Å²) < 4.78 is 26.6. The second kappa shape index (κ2) is 8.32. The van der Waals surface area contributed by atoms with Gasteiger partial charge in [-0.1, -0.05) is 20.8 Å². The first-order chi connectivity index (χ1) is 13.2. The van der Waals surface area contributed by atoms with Crippen LogP contribution in [0.25, 0.3) is 0 Å². The van der Waals surface area contributed by atoms with Crippen molar-refractivity contribution in [2.24, 2.45) is 15.4 Å². The lowest BCUT2D eigenvalue weighted by molar-refractivity contribution is 0.0975. The minimum absolute atomic E-state index is 0.00884. The normalized spacial score (nSPS) is 22.5. The number of amides is 1. The SMILES string of the molecule is CC(C)(C)CN=C(NC(=O)c1ccc(F)c(F)c1)NC1NNC2CCCN=C21. The predicted molar refractivity (Wildman–Crippen MR) is 104 cm³/mol. The van der Waals surface area contributed by atoms with Crippen molar-refractivity contribution in [2.75, 3.05) is 13.1 Å². The molecule has 1 aromatic rings. The molecule has 1 fully saturated rings. The fraction of sp³-hybridized carbons (Fsp3) is 0.526. The monoisotopic (exact) mass is 392 g/mol. The number of carbonyl (C=O) groups excluding carboxylic acids is 1. The molecule has 2 aliphatic rings. The molecule has 2 aliphatic heterocycles. The number of carbonyl (C=O) groups is 1. The van der Waals surface area contributed by atoms with Gasteiger partial charge in [-0.15, -0.1) is 0 Å². The van der Waals surface area contributed by atoms with E-state index < -0.39 is 17.5 Å². The van der Waals surface area contributed by atoms with E-state index in [4.69, 9.17) is 0 Å². The highest BCUT2D eigenvalue weighted by Crippen LogP contribution is 2.15. The van der Waals surface area contributed by atoms with Crippen LogP contribution in [-0.4, -0.2) is 42.9 Å². The molecule has 9 heteroatoms. The molecule has 0 saturated carbocycles. The Morgan fingerprint density at radius 3 is 2.79 bits per heavy atom. The topological polar surface area (TPSA) is 89.9 Å². The van der Waals surface area contributed by atoms with Gasteiger partial charge in [0, 0.05) is 18.7 Å². The lowest BCUT2D eigenvalue weighted by Gasteiger charge is -2.22. The molecule has 2 atom stereocenters. The molecule has 0 aromatic heterocycles. The number of fused-ring (bicyclic) bond motifs is 1. The van der Waals surface area contributed by atoms with E-state index in [1.165, 1.54) is 6.07 Å². The molecule has 152 valence electrons. The van der Waals surface area contributed by atoms with Gasteiger partial charge in [0.05, 0.1) is 11.8 Å². The highest BCUT2D eigenvalue weighted by Gasteiger charge is 2.33. The van der Waals surface area contributed by atoms with Crippen LogP contribution in [-0.2, 0) is 0 Å². The summed E-state index contributed by atoms with van der Waals surface area (Å²) in [6, 6.07) is 3.17. The summed E-state index contributed by atoms with van der Waals surface area (Å²) >= 11 is 0. The molecule has 1 aromatic carbocycles. The van der Waals surface area contributed by atoms with Gasteiger partial charge in [0.2, 0.25) is 0 Å². The van der Waals surface area contributed by atoms with Gasteiger partial charge in [0.1, 0.15) is 6.17 Å². The van der Waals surface area contributed by atoms with Crippen molar-refractivity contribution >= 4 is 17.6 Å². The van der Waals surface area contributed by atoms with Crippen LogP contribution in [0.15, 0.2) is 28.2 Å². The number of benzene rings is 1. The highest BCUT2D eigenvalue weighted by atomic mass is 19.2. The van der Waals surface area contributed by atoms with E-state index in [0.29, 0.717) is 6.54 Å². The fourth-order valence-corrected chi connectivity index (χ4v) is 2.96. The number of hydrazine groups is 1. The first-order valence-electron chi connectivity index (χ1n) is 9.35. The number of hydrogen-bond acceptors (Lipinski definition) is 5. The molecule has 3 rings (SSSR count). The van der Waals surface area contributed by atoms with E-state index in [1.54, 1.807) is 0 Å². The molecule has 0 aliphatic carbocycles. The van der Waals surface area contributed by atoms with E-state index >= 15 is 0 Å². The van der Waals surface area contributed by atoms with Crippen molar-refractivity contribution in [3.8, 4) is 0 Å². The van der Waals surface area contributed by atoms with Gasteiger partial charge in [0.15, 0.2) is 17.6 Å². The average Bonchev–Trinajstić information content (AvgIpc) is 3.04. The molecular weight excluding hydrogens is 366 g/mol. The van der Waals surface area contributed by atoms with Gasteiger partial charge in [0.25, 0.3) is 5.91 Å². The quantitative estimate of drug-likeness (QED) is 0.466. The molecule has 2 heterocycles. The number of aliphatic imine (C=N–C) groups is 2. The zero-order valence-corrected chi connectivity index (χ0v) is 16.3. The third-order valence-corrected chi connectivity index (χ3v) is 4.41. The molecule has 4 N–H and O–H groups in total. The van der Waals surface area contributed by atoms with Gasteiger partial charge >= 0.3 is 0 Å². The minimum atomic E-state index is -1.07. The highest BCUT2D eigenvalue weighted by molar-refractivity contribution is 6.07. The third-order valence-electron chi connectivity index (χ3n) is 4.41. The van der Waals surface area contributed by atoms with E-state index in [-0.39, 0.29) is 29.1 Å². The van der Waals surface area contributed by atoms with Crippen molar-refractivity contribution < 1.29 is 13.6 Å². The van der Waals surface area contributed by atoms with Gasteiger partial charge in [-0.25, -0.2) is 19.6 Å². The standard InChI is InChI=1S/C19H26F2N6O/c1-19(2,3)10-23-18(24-16-15-14(26-27-16)5-4-8-22-15)25-17(28)11-6-7-12(20)13(21)9-11/h6-7,9,14,16,26-27H,4-5,8,10H2,1-3H3,(H2,23,24,25,28). The van der Waals surface area contributed by atoms with Crippen LogP contribution in [0.4, 0.5) is 8.78 Å². The van der Waals surface area contributed by atoms with Crippen LogP contribution in [0, 0.1) is 17.0 Å². The minimum Gasteiger partial charge on any atom is -0.334 e. The summed E-state index contributed by atoms with van der Waals surface area (Å²) in [6.45, 7) is 7.32. The maximum absolute atomic E-state index is 13.5. The van der Waals surface area contributed by atoms with E-state index in [1.807, 2.05) is 20.8 Å². The van der Waals surface area contributed by atoms with Gasteiger partial charge in [-0.2, -0.15) is 0 Å². The van der Waals surface area contributed by atoms with Crippen LogP contribution >= 0.6 is 0 Å². The first kappa shape index (κ1) is 20.3. The molecule has 0 radical (unpaired) electrons.